The largest absolute Gasteiger partial charge is 0.455 e. The summed E-state index contributed by atoms with van der Waals surface area (Å²) >= 11 is 0. The van der Waals surface area contributed by atoms with E-state index in [2.05, 4.69) is 5.32 Å². The molecular weight excluding hydrogens is 368 g/mol. The van der Waals surface area contributed by atoms with E-state index in [1.54, 1.807) is 11.8 Å². The van der Waals surface area contributed by atoms with Gasteiger partial charge in [0.15, 0.2) is 11.5 Å². The number of Topliss-reactive ketones (excluding diaryl/α,β-unsaturated/α-hetero) is 1. The van der Waals surface area contributed by atoms with Crippen molar-refractivity contribution < 1.29 is 18.8 Å². The van der Waals surface area contributed by atoms with Crippen LogP contribution >= 0.6 is 0 Å². The molecular formula is C23H26N2O4. The number of furan rings is 1. The third-order valence-corrected chi connectivity index (χ3v) is 5.96. The molecule has 1 aromatic heterocycles. The summed E-state index contributed by atoms with van der Waals surface area (Å²) in [4.78, 5) is 39.3. The summed E-state index contributed by atoms with van der Waals surface area (Å²) in [6.07, 6.45) is 3.26. The van der Waals surface area contributed by atoms with Crippen LogP contribution in [0.25, 0.3) is 0 Å². The lowest BCUT2D eigenvalue weighted by molar-refractivity contribution is -0.126. The first-order valence-electron chi connectivity index (χ1n) is 10.3. The molecule has 1 aliphatic carbocycles. The van der Waals surface area contributed by atoms with Crippen LogP contribution in [0.3, 0.4) is 0 Å². The van der Waals surface area contributed by atoms with Gasteiger partial charge < -0.3 is 14.6 Å². The second-order valence-corrected chi connectivity index (χ2v) is 7.90. The van der Waals surface area contributed by atoms with Gasteiger partial charge in [0.05, 0.1) is 5.56 Å². The summed E-state index contributed by atoms with van der Waals surface area (Å²) in [7, 11) is 0. The molecule has 1 aromatic carbocycles. The van der Waals surface area contributed by atoms with Gasteiger partial charge in [-0.15, -0.1) is 0 Å². The molecule has 2 amide bonds. The Morgan fingerprint density at radius 3 is 2.55 bits per heavy atom. The number of carbonyl (C=O) groups is 3. The topological polar surface area (TPSA) is 79.6 Å². The van der Waals surface area contributed by atoms with Gasteiger partial charge in [-0.2, -0.15) is 0 Å². The number of hydrogen-bond donors (Lipinski definition) is 1. The van der Waals surface area contributed by atoms with E-state index < -0.39 is 0 Å². The van der Waals surface area contributed by atoms with Crippen molar-refractivity contribution in [2.45, 2.75) is 45.6 Å². The van der Waals surface area contributed by atoms with Gasteiger partial charge in [0.2, 0.25) is 5.91 Å². The number of piperidine rings is 1. The second kappa shape index (κ2) is 8.23. The number of rotatable bonds is 4. The molecule has 1 N–H and O–H groups in total. The number of likely N-dealkylation sites (tertiary alicyclic amines) is 1. The molecule has 0 unspecified atom stereocenters. The van der Waals surface area contributed by atoms with Crippen molar-refractivity contribution in [2.75, 3.05) is 13.1 Å². The zero-order chi connectivity index (χ0) is 20.4. The molecule has 4 rings (SSSR count). The predicted molar refractivity (Wildman–Crippen MR) is 108 cm³/mol. The molecule has 2 heterocycles. The minimum absolute atomic E-state index is 0.0381. The fourth-order valence-electron chi connectivity index (χ4n) is 4.27. The van der Waals surface area contributed by atoms with Gasteiger partial charge in [0, 0.05) is 44.0 Å². The van der Waals surface area contributed by atoms with Crippen molar-refractivity contribution in [3.63, 3.8) is 0 Å². The highest BCUT2D eigenvalue weighted by Gasteiger charge is 2.33. The van der Waals surface area contributed by atoms with Crippen molar-refractivity contribution in [2.24, 2.45) is 5.92 Å². The lowest BCUT2D eigenvalue weighted by Gasteiger charge is -2.31. The van der Waals surface area contributed by atoms with Gasteiger partial charge in [0.25, 0.3) is 5.91 Å². The SMILES string of the molecule is Cc1c(C(=O)N2CCC(C(=O)NCc3ccccc3)CC2)oc2c1C(=O)CCC2. The molecule has 0 bridgehead atoms. The van der Waals surface area contributed by atoms with E-state index in [-0.39, 0.29) is 29.3 Å². The van der Waals surface area contributed by atoms with E-state index in [4.69, 9.17) is 4.42 Å². The molecule has 0 radical (unpaired) electrons. The highest BCUT2D eigenvalue weighted by Crippen LogP contribution is 2.31. The molecule has 152 valence electrons. The summed E-state index contributed by atoms with van der Waals surface area (Å²) in [6.45, 7) is 3.34. The number of benzene rings is 1. The van der Waals surface area contributed by atoms with Gasteiger partial charge >= 0.3 is 0 Å². The summed E-state index contributed by atoms with van der Waals surface area (Å²) in [6, 6.07) is 9.82. The van der Waals surface area contributed by atoms with Gasteiger partial charge in [-0.3, -0.25) is 14.4 Å². The third-order valence-electron chi connectivity index (χ3n) is 5.96. The summed E-state index contributed by atoms with van der Waals surface area (Å²) in [5, 5.41) is 2.99. The van der Waals surface area contributed by atoms with Crippen LogP contribution in [0.2, 0.25) is 0 Å². The van der Waals surface area contributed by atoms with Crippen LogP contribution in [0.5, 0.6) is 0 Å². The quantitative estimate of drug-likeness (QED) is 0.863. The van der Waals surface area contributed by atoms with Crippen LogP contribution < -0.4 is 5.32 Å². The molecule has 0 spiro atoms. The molecule has 1 fully saturated rings. The Morgan fingerprint density at radius 1 is 1.14 bits per heavy atom. The number of ketones is 1. The first-order chi connectivity index (χ1) is 14.0. The zero-order valence-electron chi connectivity index (χ0n) is 16.7. The van der Waals surface area contributed by atoms with Crippen LogP contribution in [0.15, 0.2) is 34.7 Å². The number of nitrogens with zero attached hydrogens (tertiary/aromatic N) is 1. The molecule has 0 saturated carbocycles. The van der Waals surface area contributed by atoms with E-state index in [1.165, 1.54) is 0 Å². The van der Waals surface area contributed by atoms with Gasteiger partial charge in [0.1, 0.15) is 5.76 Å². The van der Waals surface area contributed by atoms with E-state index in [9.17, 15) is 14.4 Å². The van der Waals surface area contributed by atoms with Gasteiger partial charge in [-0.1, -0.05) is 30.3 Å². The molecule has 2 aliphatic rings. The molecule has 2 aromatic rings. The van der Waals surface area contributed by atoms with Crippen LogP contribution in [-0.2, 0) is 17.8 Å². The molecule has 1 aliphatic heterocycles. The Kier molecular flexibility index (Phi) is 5.51. The van der Waals surface area contributed by atoms with Gasteiger partial charge in [-0.25, -0.2) is 0 Å². The smallest absolute Gasteiger partial charge is 0.289 e. The predicted octanol–water partition coefficient (Wildman–Crippen LogP) is 3.28. The van der Waals surface area contributed by atoms with Crippen molar-refractivity contribution in [1.82, 2.24) is 10.2 Å². The number of nitrogens with one attached hydrogen (secondary N) is 1. The van der Waals surface area contributed by atoms with Crippen LogP contribution in [0, 0.1) is 12.8 Å². The standard InChI is InChI=1S/C23H26N2O4/c1-15-20-18(26)8-5-9-19(20)29-21(15)23(28)25-12-10-17(11-13-25)22(27)24-14-16-6-3-2-4-7-16/h2-4,6-7,17H,5,8-14H2,1H3,(H,24,27). The van der Waals surface area contributed by atoms with Gasteiger partial charge in [-0.05, 0) is 31.7 Å². The Hall–Kier alpha value is -2.89. The van der Waals surface area contributed by atoms with E-state index in [1.807, 2.05) is 30.3 Å². The molecule has 1 saturated heterocycles. The van der Waals surface area contributed by atoms with Crippen molar-refractivity contribution in [1.29, 1.82) is 0 Å². The minimum Gasteiger partial charge on any atom is -0.455 e. The van der Waals surface area contributed by atoms with E-state index in [0.717, 1.165) is 12.0 Å². The monoisotopic (exact) mass is 394 g/mol. The lowest BCUT2D eigenvalue weighted by Crippen LogP contribution is -2.43. The van der Waals surface area contributed by atoms with Crippen molar-refractivity contribution in [3.05, 3.63) is 58.5 Å². The Labute approximate surface area is 170 Å². The fraction of sp³-hybridized carbons (Fsp3) is 0.435. The summed E-state index contributed by atoms with van der Waals surface area (Å²) < 4.78 is 5.79. The van der Waals surface area contributed by atoms with Crippen molar-refractivity contribution in [3.8, 4) is 0 Å². The van der Waals surface area contributed by atoms with Crippen LogP contribution in [0.4, 0.5) is 0 Å². The maximum Gasteiger partial charge on any atom is 0.289 e. The molecule has 0 atom stereocenters. The summed E-state index contributed by atoms with van der Waals surface area (Å²) in [5.41, 5.74) is 2.34. The Bertz CT molecular complexity index is 924. The van der Waals surface area contributed by atoms with Crippen LogP contribution in [-0.4, -0.2) is 35.6 Å². The number of aryl methyl sites for hydroxylation is 1. The number of carbonyl (C=O) groups excluding carboxylic acids is 3. The average Bonchev–Trinajstić information content (AvgIpc) is 3.10. The first-order valence-corrected chi connectivity index (χ1v) is 10.3. The fourth-order valence-corrected chi connectivity index (χ4v) is 4.27. The lowest BCUT2D eigenvalue weighted by atomic mass is 9.93. The minimum atomic E-state index is -0.173. The number of hydrogen-bond acceptors (Lipinski definition) is 4. The van der Waals surface area contributed by atoms with E-state index >= 15 is 0 Å². The van der Waals surface area contributed by atoms with E-state index in [0.29, 0.717) is 62.2 Å². The van der Waals surface area contributed by atoms with Crippen molar-refractivity contribution >= 4 is 17.6 Å². The zero-order valence-corrected chi connectivity index (χ0v) is 16.7. The Balaban J connectivity index is 1.34. The third kappa shape index (κ3) is 3.97. The van der Waals surface area contributed by atoms with Crippen LogP contribution in [0.1, 0.15) is 63.5 Å². The first kappa shape index (κ1) is 19.4. The number of amides is 2. The average molecular weight is 394 g/mol. The maximum atomic E-state index is 13.0. The summed E-state index contributed by atoms with van der Waals surface area (Å²) in [5.74, 6) is 0.786. The maximum absolute atomic E-state index is 13.0. The molecule has 6 heteroatoms. The normalized spacial score (nSPS) is 17.1. The molecule has 29 heavy (non-hydrogen) atoms. The second-order valence-electron chi connectivity index (χ2n) is 7.90. The molecule has 6 nitrogen and oxygen atoms in total. The highest BCUT2D eigenvalue weighted by atomic mass is 16.4. The Morgan fingerprint density at radius 2 is 1.86 bits per heavy atom. The number of fused-ring (bicyclic) bond motifs is 1. The highest BCUT2D eigenvalue weighted by molar-refractivity contribution is 6.03.